The lowest BCUT2D eigenvalue weighted by Gasteiger charge is -2.08. The molecule has 0 bridgehead atoms. The van der Waals surface area contributed by atoms with E-state index in [1.807, 2.05) is 0 Å². The standard InChI is InChI=1S/C18H15ClN4O4S/c1-25-13-5-4-9(19)6-12(13)20-17-22-23-16(24)10-7-14(26-2)15(27-3)8-11(10)21-18(23)28-17/h4-8H,1-3H3,(H,20,22). The molecule has 4 rings (SSSR count). The van der Waals surface area contributed by atoms with Crippen LogP contribution in [0.2, 0.25) is 5.02 Å². The molecule has 0 unspecified atom stereocenters. The zero-order valence-corrected chi connectivity index (χ0v) is 16.7. The number of rotatable bonds is 5. The molecule has 0 radical (unpaired) electrons. The topological polar surface area (TPSA) is 87.0 Å². The summed E-state index contributed by atoms with van der Waals surface area (Å²) in [6, 6.07) is 8.46. The van der Waals surface area contributed by atoms with Gasteiger partial charge >= 0.3 is 0 Å². The average Bonchev–Trinajstić information content (AvgIpc) is 3.10. The fourth-order valence-corrected chi connectivity index (χ4v) is 3.76. The number of aromatic nitrogens is 3. The molecule has 0 amide bonds. The minimum absolute atomic E-state index is 0.302. The molecule has 0 saturated carbocycles. The molecule has 0 spiro atoms. The van der Waals surface area contributed by atoms with Crippen LogP contribution in [0, 0.1) is 0 Å². The van der Waals surface area contributed by atoms with Gasteiger partial charge in [0, 0.05) is 11.1 Å². The summed E-state index contributed by atoms with van der Waals surface area (Å²) in [6.45, 7) is 0. The van der Waals surface area contributed by atoms with Crippen molar-refractivity contribution < 1.29 is 14.2 Å². The van der Waals surface area contributed by atoms with Crippen molar-refractivity contribution in [1.82, 2.24) is 14.6 Å². The highest BCUT2D eigenvalue weighted by atomic mass is 35.5. The number of ether oxygens (including phenoxy) is 3. The molecule has 0 aliphatic rings. The molecule has 0 fully saturated rings. The number of hydrogen-bond donors (Lipinski definition) is 1. The van der Waals surface area contributed by atoms with E-state index < -0.39 is 0 Å². The Morgan fingerprint density at radius 3 is 2.46 bits per heavy atom. The highest BCUT2D eigenvalue weighted by molar-refractivity contribution is 7.20. The zero-order chi connectivity index (χ0) is 19.8. The first-order chi connectivity index (χ1) is 13.5. The van der Waals surface area contributed by atoms with E-state index in [1.165, 1.54) is 30.1 Å². The number of benzene rings is 2. The average molecular weight is 419 g/mol. The van der Waals surface area contributed by atoms with Gasteiger partial charge < -0.3 is 19.5 Å². The van der Waals surface area contributed by atoms with Gasteiger partial charge in [0.15, 0.2) is 11.5 Å². The highest BCUT2D eigenvalue weighted by Crippen LogP contribution is 2.33. The molecule has 2 aromatic heterocycles. The molecule has 8 nitrogen and oxygen atoms in total. The maximum Gasteiger partial charge on any atom is 0.283 e. The monoisotopic (exact) mass is 418 g/mol. The van der Waals surface area contributed by atoms with E-state index in [-0.39, 0.29) is 5.56 Å². The predicted molar refractivity (Wildman–Crippen MR) is 109 cm³/mol. The second kappa shape index (κ2) is 7.17. The van der Waals surface area contributed by atoms with Crippen molar-refractivity contribution in [3.05, 3.63) is 45.7 Å². The van der Waals surface area contributed by atoms with Crippen LogP contribution in [0.15, 0.2) is 35.1 Å². The Kier molecular flexibility index (Phi) is 4.70. The van der Waals surface area contributed by atoms with Crippen LogP contribution in [0.1, 0.15) is 0 Å². The minimum atomic E-state index is -0.302. The Labute approximate surface area is 168 Å². The normalized spacial score (nSPS) is 11.0. The maximum absolute atomic E-state index is 12.9. The van der Waals surface area contributed by atoms with E-state index in [2.05, 4.69) is 15.4 Å². The van der Waals surface area contributed by atoms with E-state index in [0.29, 0.717) is 49.0 Å². The van der Waals surface area contributed by atoms with Crippen LogP contribution >= 0.6 is 22.9 Å². The Bertz CT molecular complexity index is 1250. The van der Waals surface area contributed by atoms with Gasteiger partial charge in [0.25, 0.3) is 5.56 Å². The number of nitrogens with zero attached hydrogens (tertiary/aromatic N) is 3. The highest BCUT2D eigenvalue weighted by Gasteiger charge is 2.15. The molecular formula is C18H15ClN4O4S. The van der Waals surface area contributed by atoms with Crippen molar-refractivity contribution in [2.75, 3.05) is 26.6 Å². The molecule has 28 heavy (non-hydrogen) atoms. The van der Waals surface area contributed by atoms with Gasteiger partial charge in [0.05, 0.1) is 37.9 Å². The van der Waals surface area contributed by atoms with Crippen molar-refractivity contribution in [3.8, 4) is 17.2 Å². The smallest absolute Gasteiger partial charge is 0.283 e. The Balaban J connectivity index is 1.85. The van der Waals surface area contributed by atoms with Crippen LogP contribution in [0.4, 0.5) is 10.8 Å². The van der Waals surface area contributed by atoms with Gasteiger partial charge in [-0.25, -0.2) is 4.98 Å². The minimum Gasteiger partial charge on any atom is -0.495 e. The van der Waals surface area contributed by atoms with Gasteiger partial charge in [-0.05, 0) is 24.3 Å². The summed E-state index contributed by atoms with van der Waals surface area (Å²) in [6.07, 6.45) is 0. The summed E-state index contributed by atoms with van der Waals surface area (Å²) in [4.78, 5) is 17.9. The molecule has 4 aromatic rings. The number of methoxy groups -OCH3 is 3. The first-order valence-corrected chi connectivity index (χ1v) is 9.29. The van der Waals surface area contributed by atoms with Gasteiger partial charge in [-0.1, -0.05) is 22.9 Å². The van der Waals surface area contributed by atoms with Gasteiger partial charge in [-0.3, -0.25) is 4.79 Å². The van der Waals surface area contributed by atoms with E-state index >= 15 is 0 Å². The van der Waals surface area contributed by atoms with Crippen molar-refractivity contribution in [2.45, 2.75) is 0 Å². The van der Waals surface area contributed by atoms with Crippen molar-refractivity contribution in [3.63, 3.8) is 0 Å². The number of fused-ring (bicyclic) bond motifs is 2. The summed E-state index contributed by atoms with van der Waals surface area (Å²) >= 11 is 7.30. The SMILES string of the molecule is COc1ccc(Cl)cc1Nc1nn2c(=O)c3cc(OC)c(OC)cc3nc2s1. The number of halogens is 1. The largest absolute Gasteiger partial charge is 0.495 e. The third-order valence-corrected chi connectivity index (χ3v) is 5.16. The molecule has 144 valence electrons. The van der Waals surface area contributed by atoms with Crippen molar-refractivity contribution >= 4 is 49.6 Å². The maximum atomic E-state index is 12.9. The Hall–Kier alpha value is -3.04. The summed E-state index contributed by atoms with van der Waals surface area (Å²) in [5.41, 5.74) is 0.830. The summed E-state index contributed by atoms with van der Waals surface area (Å²) in [5.74, 6) is 1.55. The molecule has 2 heterocycles. The molecule has 1 N–H and O–H groups in total. The lowest BCUT2D eigenvalue weighted by atomic mass is 10.2. The molecule has 2 aromatic carbocycles. The lowest BCUT2D eigenvalue weighted by molar-refractivity contribution is 0.355. The van der Waals surface area contributed by atoms with Crippen LogP contribution < -0.4 is 25.1 Å². The first kappa shape index (κ1) is 18.3. The number of anilines is 2. The van der Waals surface area contributed by atoms with Crippen molar-refractivity contribution in [1.29, 1.82) is 0 Å². The Morgan fingerprint density at radius 1 is 1.04 bits per heavy atom. The number of hydrogen-bond acceptors (Lipinski definition) is 8. The molecule has 0 aliphatic heterocycles. The summed E-state index contributed by atoms with van der Waals surface area (Å²) in [7, 11) is 4.60. The van der Waals surface area contributed by atoms with Crippen LogP contribution in [0.5, 0.6) is 17.2 Å². The summed E-state index contributed by atoms with van der Waals surface area (Å²) < 4.78 is 17.1. The third-order valence-electron chi connectivity index (χ3n) is 4.10. The van der Waals surface area contributed by atoms with E-state index in [9.17, 15) is 4.79 Å². The van der Waals surface area contributed by atoms with Gasteiger partial charge in [0.2, 0.25) is 10.1 Å². The second-order valence-corrected chi connectivity index (χ2v) is 7.10. The molecule has 10 heteroatoms. The molecule has 0 atom stereocenters. The molecule has 0 aliphatic carbocycles. The quantitative estimate of drug-likeness (QED) is 0.528. The fourth-order valence-electron chi connectivity index (χ4n) is 2.78. The Morgan fingerprint density at radius 2 is 1.75 bits per heavy atom. The van der Waals surface area contributed by atoms with Gasteiger partial charge in [-0.2, -0.15) is 4.52 Å². The van der Waals surface area contributed by atoms with Crippen LogP contribution in [0.25, 0.3) is 15.9 Å². The van der Waals surface area contributed by atoms with Crippen molar-refractivity contribution in [2.24, 2.45) is 0 Å². The fraction of sp³-hybridized carbons (Fsp3) is 0.167. The van der Waals surface area contributed by atoms with E-state index in [4.69, 9.17) is 25.8 Å². The van der Waals surface area contributed by atoms with E-state index in [1.54, 1.807) is 37.4 Å². The number of nitrogens with one attached hydrogen (secondary N) is 1. The van der Waals surface area contributed by atoms with Crippen LogP contribution in [-0.2, 0) is 0 Å². The predicted octanol–water partition coefficient (Wildman–Crippen LogP) is 3.73. The molecular weight excluding hydrogens is 404 g/mol. The van der Waals surface area contributed by atoms with Crippen LogP contribution in [0.3, 0.4) is 0 Å². The lowest BCUT2D eigenvalue weighted by Crippen LogP contribution is -2.15. The second-order valence-electron chi connectivity index (χ2n) is 5.71. The third kappa shape index (κ3) is 3.08. The van der Waals surface area contributed by atoms with Crippen LogP contribution in [-0.4, -0.2) is 35.9 Å². The first-order valence-electron chi connectivity index (χ1n) is 8.10. The van der Waals surface area contributed by atoms with Gasteiger partial charge in [-0.15, -0.1) is 5.10 Å². The zero-order valence-electron chi connectivity index (χ0n) is 15.1. The summed E-state index contributed by atoms with van der Waals surface area (Å²) in [5, 5.41) is 8.87. The van der Waals surface area contributed by atoms with E-state index in [0.717, 1.165) is 0 Å². The molecule has 0 saturated heterocycles. The van der Waals surface area contributed by atoms with Gasteiger partial charge in [0.1, 0.15) is 5.75 Å².